The van der Waals surface area contributed by atoms with Gasteiger partial charge in [-0.3, -0.25) is 0 Å². The van der Waals surface area contributed by atoms with Gasteiger partial charge in [0, 0.05) is 5.82 Å². The summed E-state index contributed by atoms with van der Waals surface area (Å²) in [6.07, 6.45) is 1.06. The highest BCUT2D eigenvalue weighted by Crippen LogP contribution is 2.58. The Bertz CT molecular complexity index is 563. The molecule has 4 nitrogen and oxygen atoms in total. The van der Waals surface area contributed by atoms with Crippen LogP contribution in [0.15, 0.2) is 24.3 Å². The Morgan fingerprint density at radius 1 is 1.14 bits per heavy atom. The van der Waals surface area contributed by atoms with Gasteiger partial charge in [0.25, 0.3) is 0 Å². The Balaban J connectivity index is 1.67. The van der Waals surface area contributed by atoms with Crippen LogP contribution in [0.25, 0.3) is 0 Å². The highest BCUT2D eigenvalue weighted by atomic mass is 16.7. The molecule has 2 atom stereocenters. The quantitative estimate of drug-likeness (QED) is 0.634. The third-order valence-electron chi connectivity index (χ3n) is 5.22. The smallest absolute Gasteiger partial charge is 0.461 e. The molecule has 1 heterocycles. The van der Waals surface area contributed by atoms with Gasteiger partial charge in [0.15, 0.2) is 0 Å². The van der Waals surface area contributed by atoms with Crippen molar-refractivity contribution in [2.45, 2.75) is 57.1 Å². The van der Waals surface area contributed by atoms with Gasteiger partial charge in [0.1, 0.15) is 0 Å². The molecule has 2 fully saturated rings. The number of hydrogen-bond donors (Lipinski definition) is 0. The second-order valence-electron chi connectivity index (χ2n) is 7.24. The van der Waals surface area contributed by atoms with E-state index in [2.05, 4.69) is 27.7 Å². The summed E-state index contributed by atoms with van der Waals surface area (Å²) in [5, 5.41) is 0. The summed E-state index contributed by atoms with van der Waals surface area (Å²) in [5.41, 5.74) is 1.26. The second kappa shape index (κ2) is 5.10. The van der Waals surface area contributed by atoms with Crippen LogP contribution in [0, 0.1) is 0 Å². The molecular weight excluding hydrogens is 279 g/mol. The van der Waals surface area contributed by atoms with Crippen molar-refractivity contribution < 1.29 is 18.8 Å². The van der Waals surface area contributed by atoms with Crippen molar-refractivity contribution >= 4 is 13.1 Å². The topological polar surface area (TPSA) is 44.8 Å². The molecule has 1 saturated heterocycles. The van der Waals surface area contributed by atoms with E-state index < -0.39 is 0 Å². The first-order chi connectivity index (χ1) is 10.2. The first-order valence-corrected chi connectivity index (χ1v) is 7.79. The zero-order valence-electron chi connectivity index (χ0n) is 13.9. The van der Waals surface area contributed by atoms with Gasteiger partial charge >= 0.3 is 13.1 Å². The highest BCUT2D eigenvalue weighted by molar-refractivity contribution is 6.49. The van der Waals surface area contributed by atoms with Crippen LogP contribution in [0.2, 0.25) is 5.82 Å². The average molecular weight is 302 g/mol. The molecule has 0 unspecified atom stereocenters. The fourth-order valence-corrected chi connectivity index (χ4v) is 2.95. The summed E-state index contributed by atoms with van der Waals surface area (Å²) < 4.78 is 17.0. The van der Waals surface area contributed by atoms with Crippen molar-refractivity contribution in [3.05, 3.63) is 35.4 Å². The lowest BCUT2D eigenvalue weighted by Crippen LogP contribution is -2.41. The van der Waals surface area contributed by atoms with E-state index >= 15 is 0 Å². The number of esters is 1. The van der Waals surface area contributed by atoms with E-state index in [1.807, 2.05) is 24.3 Å². The number of rotatable bonds is 3. The minimum absolute atomic E-state index is 0.143. The van der Waals surface area contributed by atoms with E-state index in [1.54, 1.807) is 0 Å². The van der Waals surface area contributed by atoms with E-state index in [0.717, 1.165) is 6.42 Å². The van der Waals surface area contributed by atoms with Crippen molar-refractivity contribution in [2.75, 3.05) is 7.11 Å². The molecular formula is C17H23BO4. The maximum absolute atomic E-state index is 11.5. The monoisotopic (exact) mass is 302 g/mol. The number of hydrogen-bond acceptors (Lipinski definition) is 4. The van der Waals surface area contributed by atoms with E-state index in [0.29, 0.717) is 17.3 Å². The van der Waals surface area contributed by atoms with Gasteiger partial charge in [0.05, 0.1) is 23.9 Å². The molecule has 0 bridgehead atoms. The fourth-order valence-electron chi connectivity index (χ4n) is 2.95. The van der Waals surface area contributed by atoms with E-state index in [9.17, 15) is 4.79 Å². The molecule has 0 radical (unpaired) electrons. The van der Waals surface area contributed by atoms with Crippen LogP contribution in [0.5, 0.6) is 0 Å². The summed E-state index contributed by atoms with van der Waals surface area (Å²) in [6.45, 7) is 8.32. The SMILES string of the molecule is COC(=O)c1ccc([C@@H]2C[C@H]2B2OC(C)(C)C(C)(C)O2)cc1. The van der Waals surface area contributed by atoms with E-state index in [-0.39, 0.29) is 24.3 Å². The molecule has 0 amide bonds. The fraction of sp³-hybridized carbons (Fsp3) is 0.588. The molecule has 0 spiro atoms. The van der Waals surface area contributed by atoms with Crippen molar-refractivity contribution in [1.82, 2.24) is 0 Å². The van der Waals surface area contributed by atoms with Crippen LogP contribution >= 0.6 is 0 Å². The van der Waals surface area contributed by atoms with Gasteiger partial charge < -0.3 is 14.0 Å². The zero-order valence-corrected chi connectivity index (χ0v) is 13.9. The molecule has 3 rings (SSSR count). The molecule has 0 aromatic heterocycles. The summed E-state index contributed by atoms with van der Waals surface area (Å²) in [6, 6.07) is 7.64. The molecule has 1 saturated carbocycles. The van der Waals surface area contributed by atoms with Gasteiger partial charge in [0.2, 0.25) is 0 Å². The Labute approximate surface area is 132 Å². The van der Waals surface area contributed by atoms with Crippen LogP contribution in [0.1, 0.15) is 56.0 Å². The first kappa shape index (κ1) is 15.6. The molecule has 2 aliphatic rings. The molecule has 5 heteroatoms. The molecule has 1 aromatic carbocycles. The van der Waals surface area contributed by atoms with E-state index in [4.69, 9.17) is 14.0 Å². The number of benzene rings is 1. The molecule has 22 heavy (non-hydrogen) atoms. The van der Waals surface area contributed by atoms with Gasteiger partial charge in [-0.15, -0.1) is 0 Å². The van der Waals surface area contributed by atoms with Gasteiger partial charge in [-0.25, -0.2) is 4.79 Å². The van der Waals surface area contributed by atoms with Crippen molar-refractivity contribution in [1.29, 1.82) is 0 Å². The van der Waals surface area contributed by atoms with Crippen LogP contribution < -0.4 is 0 Å². The van der Waals surface area contributed by atoms with Crippen molar-refractivity contribution in [3.63, 3.8) is 0 Å². The maximum atomic E-state index is 11.5. The summed E-state index contributed by atoms with van der Waals surface area (Å²) in [7, 11) is 1.25. The molecule has 118 valence electrons. The molecule has 0 N–H and O–H groups in total. The standard InChI is InChI=1S/C17H23BO4/c1-16(2)17(3,4)22-18(21-16)14-10-13(14)11-6-8-12(9-7-11)15(19)20-5/h6-9,13-14H,10H2,1-5H3/t13-,14+/m0/s1. The molecule has 1 aliphatic heterocycles. The van der Waals surface area contributed by atoms with Crippen LogP contribution in [-0.2, 0) is 14.0 Å². The Hall–Kier alpha value is -1.33. The molecule has 1 aromatic rings. The lowest BCUT2D eigenvalue weighted by atomic mass is 9.79. The number of carbonyl (C=O) groups is 1. The van der Waals surface area contributed by atoms with Crippen molar-refractivity contribution in [2.24, 2.45) is 0 Å². The summed E-state index contributed by atoms with van der Waals surface area (Å²) in [5.74, 6) is 0.538. The summed E-state index contributed by atoms with van der Waals surface area (Å²) in [4.78, 5) is 11.5. The minimum atomic E-state index is -0.301. The Morgan fingerprint density at radius 3 is 2.18 bits per heavy atom. The van der Waals surface area contributed by atoms with Gasteiger partial charge in [-0.05, 0) is 57.7 Å². The minimum Gasteiger partial charge on any atom is -0.465 e. The van der Waals surface area contributed by atoms with Gasteiger partial charge in [-0.1, -0.05) is 12.1 Å². The predicted molar refractivity (Wildman–Crippen MR) is 85.0 cm³/mol. The second-order valence-corrected chi connectivity index (χ2v) is 7.24. The third kappa shape index (κ3) is 2.57. The zero-order chi connectivity index (χ0) is 16.1. The van der Waals surface area contributed by atoms with Crippen LogP contribution in [-0.4, -0.2) is 31.4 Å². The largest absolute Gasteiger partial charge is 0.465 e. The Morgan fingerprint density at radius 2 is 1.68 bits per heavy atom. The number of carbonyl (C=O) groups excluding carboxylic acids is 1. The van der Waals surface area contributed by atoms with Crippen LogP contribution in [0.4, 0.5) is 0 Å². The predicted octanol–water partition coefficient (Wildman–Crippen LogP) is 3.42. The summed E-state index contributed by atoms with van der Waals surface area (Å²) >= 11 is 0. The number of ether oxygens (including phenoxy) is 1. The third-order valence-corrected chi connectivity index (χ3v) is 5.22. The van der Waals surface area contributed by atoms with E-state index in [1.165, 1.54) is 12.7 Å². The normalized spacial score (nSPS) is 28.5. The lowest BCUT2D eigenvalue weighted by Gasteiger charge is -2.32. The highest BCUT2D eigenvalue weighted by Gasteiger charge is 2.59. The number of methoxy groups -OCH3 is 1. The maximum Gasteiger partial charge on any atom is 0.461 e. The Kier molecular flexibility index (Phi) is 3.61. The van der Waals surface area contributed by atoms with Gasteiger partial charge in [-0.2, -0.15) is 0 Å². The average Bonchev–Trinajstić information content (AvgIpc) is 3.21. The lowest BCUT2D eigenvalue weighted by molar-refractivity contribution is 0.00578. The van der Waals surface area contributed by atoms with Crippen LogP contribution in [0.3, 0.4) is 0 Å². The van der Waals surface area contributed by atoms with Crippen molar-refractivity contribution in [3.8, 4) is 0 Å². The molecule has 1 aliphatic carbocycles. The first-order valence-electron chi connectivity index (χ1n) is 7.79.